The maximum absolute atomic E-state index is 13.0. The third-order valence-corrected chi connectivity index (χ3v) is 6.71. The van der Waals surface area contributed by atoms with Crippen LogP contribution in [0.25, 0.3) is 10.2 Å². The molecule has 2 aromatic heterocycles. The summed E-state index contributed by atoms with van der Waals surface area (Å²) >= 11 is 2.69. The number of fused-ring (bicyclic) bond motifs is 1. The molecule has 1 aromatic carbocycles. The van der Waals surface area contributed by atoms with Crippen molar-refractivity contribution in [3.8, 4) is 5.75 Å². The molecule has 180 valence electrons. The van der Waals surface area contributed by atoms with Crippen LogP contribution >= 0.6 is 35.1 Å². The van der Waals surface area contributed by atoms with Crippen LogP contribution < -0.4 is 15.0 Å². The van der Waals surface area contributed by atoms with E-state index in [-0.39, 0.29) is 24.2 Å². The zero-order valence-corrected chi connectivity index (χ0v) is 19.8. The van der Waals surface area contributed by atoms with Gasteiger partial charge in [-0.1, -0.05) is 17.4 Å². The maximum Gasteiger partial charge on any atom is 0.573 e. The smallest absolute Gasteiger partial charge is 0.406 e. The van der Waals surface area contributed by atoms with Crippen molar-refractivity contribution < 1.29 is 27.4 Å². The van der Waals surface area contributed by atoms with E-state index in [9.17, 15) is 18.0 Å². The van der Waals surface area contributed by atoms with Gasteiger partial charge in [0, 0.05) is 37.1 Å². The average molecular weight is 523 g/mol. The van der Waals surface area contributed by atoms with Crippen molar-refractivity contribution >= 4 is 56.5 Å². The number of aromatic nitrogens is 1. The molecule has 0 radical (unpaired) electrons. The number of ether oxygens (including phenoxy) is 2. The Hall–Kier alpha value is -2.12. The minimum absolute atomic E-state index is 0. The first-order valence-electron chi connectivity index (χ1n) is 9.91. The monoisotopic (exact) mass is 522 g/mol. The predicted octanol–water partition coefficient (Wildman–Crippen LogP) is 4.73. The summed E-state index contributed by atoms with van der Waals surface area (Å²) in [5.41, 5.74) is 0.502. The summed E-state index contributed by atoms with van der Waals surface area (Å²) in [5.74, 6) is -0.317. The molecule has 7 nitrogen and oxygen atoms in total. The molecule has 1 N–H and O–H groups in total. The number of hydrogen-bond donors (Lipinski definition) is 1. The molecule has 4 rings (SSSR count). The van der Waals surface area contributed by atoms with Crippen molar-refractivity contribution in [3.63, 3.8) is 0 Å². The Labute approximate surface area is 202 Å². The Bertz CT molecular complexity index is 1040. The highest BCUT2D eigenvalue weighted by Gasteiger charge is 2.31. The summed E-state index contributed by atoms with van der Waals surface area (Å²) in [4.78, 5) is 22.3. The van der Waals surface area contributed by atoms with E-state index in [1.54, 1.807) is 11.3 Å². The number of alkyl halides is 3. The molecule has 0 aliphatic carbocycles. The van der Waals surface area contributed by atoms with Crippen LogP contribution in [-0.4, -0.2) is 61.7 Å². The van der Waals surface area contributed by atoms with Gasteiger partial charge in [-0.2, -0.15) is 0 Å². The number of thiazole rings is 1. The Morgan fingerprint density at radius 3 is 2.76 bits per heavy atom. The van der Waals surface area contributed by atoms with Gasteiger partial charge in [0.05, 0.1) is 30.0 Å². The molecule has 13 heteroatoms. The number of halogens is 4. The Balaban J connectivity index is 0.00000306. The number of thiophene rings is 1. The van der Waals surface area contributed by atoms with Crippen molar-refractivity contribution in [2.45, 2.75) is 12.9 Å². The lowest BCUT2D eigenvalue weighted by atomic mass is 10.3. The molecule has 2 amide bonds. The second-order valence-electron chi connectivity index (χ2n) is 7.02. The van der Waals surface area contributed by atoms with Gasteiger partial charge in [0.1, 0.15) is 5.75 Å². The van der Waals surface area contributed by atoms with Gasteiger partial charge in [-0.15, -0.1) is 36.9 Å². The van der Waals surface area contributed by atoms with Gasteiger partial charge in [0.25, 0.3) is 0 Å². The summed E-state index contributed by atoms with van der Waals surface area (Å²) in [7, 11) is 0. The van der Waals surface area contributed by atoms with Gasteiger partial charge in [-0.3, -0.25) is 9.80 Å². The molecule has 0 bridgehead atoms. The highest BCUT2D eigenvalue weighted by molar-refractivity contribution is 7.22. The molecule has 3 aromatic rings. The number of nitrogens with zero attached hydrogens (tertiary/aromatic N) is 3. The average Bonchev–Trinajstić information content (AvgIpc) is 3.41. The standard InChI is InChI=1S/C20H21F3N4O3S2.ClH/c21-20(22,23)30-14-3-4-16-17(12-14)32-19(25-16)27(6-5-26-7-9-29-10-8-26)18(28)24-13-15-2-1-11-31-15;/h1-4,11-12H,5-10,13H2,(H,24,28);1H. The van der Waals surface area contributed by atoms with Crippen LogP contribution in [0.3, 0.4) is 0 Å². The van der Waals surface area contributed by atoms with E-state index in [1.807, 2.05) is 17.5 Å². The summed E-state index contributed by atoms with van der Waals surface area (Å²) in [5, 5.41) is 5.26. The second kappa shape index (κ2) is 11.3. The number of anilines is 1. The number of amides is 2. The minimum atomic E-state index is -4.77. The van der Waals surface area contributed by atoms with Crippen molar-refractivity contribution in [3.05, 3.63) is 40.6 Å². The summed E-state index contributed by atoms with van der Waals surface area (Å²) in [6, 6.07) is 7.50. The molecule has 0 atom stereocenters. The largest absolute Gasteiger partial charge is 0.573 e. The fourth-order valence-corrected chi connectivity index (χ4v) is 4.89. The number of rotatable bonds is 7. The predicted molar refractivity (Wildman–Crippen MR) is 125 cm³/mol. The van der Waals surface area contributed by atoms with Crippen molar-refractivity contribution in [1.29, 1.82) is 0 Å². The highest BCUT2D eigenvalue weighted by atomic mass is 35.5. The van der Waals surface area contributed by atoms with Gasteiger partial charge in [0.15, 0.2) is 5.13 Å². The molecule has 1 aliphatic heterocycles. The molecule has 33 heavy (non-hydrogen) atoms. The summed E-state index contributed by atoms with van der Waals surface area (Å²) in [6.45, 7) is 4.27. The fourth-order valence-electron chi connectivity index (χ4n) is 3.23. The lowest BCUT2D eigenvalue weighted by Gasteiger charge is -2.29. The second-order valence-corrected chi connectivity index (χ2v) is 9.06. The van der Waals surface area contributed by atoms with Crippen LogP contribution in [0.15, 0.2) is 35.7 Å². The number of urea groups is 1. The number of morpholine rings is 1. The number of carbonyl (C=O) groups is 1. The Morgan fingerprint density at radius 1 is 1.27 bits per heavy atom. The minimum Gasteiger partial charge on any atom is -0.406 e. The first-order chi connectivity index (χ1) is 15.4. The van der Waals surface area contributed by atoms with E-state index in [4.69, 9.17) is 4.74 Å². The molecule has 1 aliphatic rings. The number of carbonyl (C=O) groups excluding carboxylic acids is 1. The van der Waals surface area contributed by atoms with Crippen LogP contribution in [0.5, 0.6) is 5.75 Å². The third kappa shape index (κ3) is 7.18. The topological polar surface area (TPSA) is 66.9 Å². The van der Waals surface area contributed by atoms with Crippen LogP contribution in [0.2, 0.25) is 0 Å². The van der Waals surface area contributed by atoms with E-state index in [0.29, 0.717) is 48.2 Å². The van der Waals surface area contributed by atoms with Crippen molar-refractivity contribution in [2.75, 3.05) is 44.3 Å². The number of nitrogens with one attached hydrogen (secondary N) is 1. The first-order valence-corrected chi connectivity index (χ1v) is 11.6. The molecular weight excluding hydrogens is 501 g/mol. The third-order valence-electron chi connectivity index (χ3n) is 4.80. The zero-order valence-electron chi connectivity index (χ0n) is 17.3. The number of hydrogen-bond acceptors (Lipinski definition) is 7. The number of benzene rings is 1. The normalized spacial score (nSPS) is 14.6. The van der Waals surface area contributed by atoms with Gasteiger partial charge >= 0.3 is 12.4 Å². The van der Waals surface area contributed by atoms with E-state index >= 15 is 0 Å². The maximum atomic E-state index is 13.0. The van der Waals surface area contributed by atoms with E-state index in [1.165, 1.54) is 23.1 Å². The van der Waals surface area contributed by atoms with Crippen LogP contribution in [0, 0.1) is 0 Å². The van der Waals surface area contributed by atoms with E-state index < -0.39 is 6.36 Å². The molecule has 0 unspecified atom stereocenters. The SMILES string of the molecule is Cl.O=C(NCc1cccs1)N(CCN1CCOCC1)c1nc2ccc(OC(F)(F)F)cc2s1. The molecule has 1 saturated heterocycles. The van der Waals surface area contributed by atoms with Crippen molar-refractivity contribution in [2.24, 2.45) is 0 Å². The van der Waals surface area contributed by atoms with Crippen LogP contribution in [-0.2, 0) is 11.3 Å². The van der Waals surface area contributed by atoms with Crippen molar-refractivity contribution in [1.82, 2.24) is 15.2 Å². The quantitative estimate of drug-likeness (QED) is 0.486. The van der Waals surface area contributed by atoms with Gasteiger partial charge in [0.2, 0.25) is 0 Å². The lowest BCUT2D eigenvalue weighted by Crippen LogP contribution is -2.46. The molecule has 1 fully saturated rings. The van der Waals surface area contributed by atoms with E-state index in [0.717, 1.165) is 29.3 Å². The zero-order chi connectivity index (χ0) is 22.6. The molecule has 0 spiro atoms. The molecular formula is C20H22ClF3N4O3S2. The first kappa shape index (κ1) is 25.5. The van der Waals surface area contributed by atoms with Crippen LogP contribution in [0.4, 0.5) is 23.1 Å². The molecule has 3 heterocycles. The van der Waals surface area contributed by atoms with Gasteiger partial charge < -0.3 is 14.8 Å². The van der Waals surface area contributed by atoms with Gasteiger partial charge in [-0.05, 0) is 23.6 Å². The fraction of sp³-hybridized carbons (Fsp3) is 0.400. The summed E-state index contributed by atoms with van der Waals surface area (Å²) < 4.78 is 47.5. The lowest BCUT2D eigenvalue weighted by molar-refractivity contribution is -0.274. The Morgan fingerprint density at radius 2 is 2.06 bits per heavy atom. The summed E-state index contributed by atoms with van der Waals surface area (Å²) in [6.07, 6.45) is -4.77. The Kier molecular flexibility index (Phi) is 8.76. The molecule has 0 saturated carbocycles. The van der Waals surface area contributed by atoms with E-state index in [2.05, 4.69) is 19.9 Å². The van der Waals surface area contributed by atoms with Gasteiger partial charge in [-0.25, -0.2) is 9.78 Å². The highest BCUT2D eigenvalue weighted by Crippen LogP contribution is 2.33. The van der Waals surface area contributed by atoms with Crippen LogP contribution in [0.1, 0.15) is 4.88 Å².